The van der Waals surface area contributed by atoms with Crippen LogP contribution in [-0.2, 0) is 4.79 Å². The van der Waals surface area contributed by atoms with E-state index in [9.17, 15) is 9.59 Å². The van der Waals surface area contributed by atoms with E-state index in [1.54, 1.807) is 17.1 Å². The number of aromatic nitrogens is 2. The number of carboxylic acids is 1. The number of piperidine rings is 1. The number of aliphatic carboxylic acids is 1. The molecule has 2 heterocycles. The molecular weight excluding hydrogens is 270 g/mol. The summed E-state index contributed by atoms with van der Waals surface area (Å²) in [5.74, 6) is -0.475. The Morgan fingerprint density at radius 3 is 2.86 bits per heavy atom. The van der Waals surface area contributed by atoms with Gasteiger partial charge in [0.05, 0.1) is 11.8 Å². The second kappa shape index (κ2) is 6.74. The van der Waals surface area contributed by atoms with Gasteiger partial charge in [-0.15, -0.1) is 0 Å². The van der Waals surface area contributed by atoms with E-state index < -0.39 is 5.97 Å². The highest BCUT2D eigenvalue weighted by Gasteiger charge is 2.25. The number of carbonyl (C=O) groups excluding carboxylic acids is 1. The van der Waals surface area contributed by atoms with Crippen molar-refractivity contribution >= 4 is 11.9 Å². The predicted octanol–water partition coefficient (Wildman–Crippen LogP) is 2.18. The van der Waals surface area contributed by atoms with Gasteiger partial charge in [0.1, 0.15) is 0 Å². The van der Waals surface area contributed by atoms with Gasteiger partial charge in [0.25, 0.3) is 5.91 Å². The molecule has 116 valence electrons. The van der Waals surface area contributed by atoms with Gasteiger partial charge in [-0.2, -0.15) is 5.10 Å². The molecule has 0 radical (unpaired) electrons. The van der Waals surface area contributed by atoms with Crippen molar-refractivity contribution in [3.05, 3.63) is 18.0 Å². The molecule has 1 atom stereocenters. The molecule has 1 aromatic heterocycles. The number of hydrogen-bond donors (Lipinski definition) is 1. The molecule has 6 heteroatoms. The monoisotopic (exact) mass is 293 g/mol. The molecule has 0 bridgehead atoms. The van der Waals surface area contributed by atoms with Crippen molar-refractivity contribution in [3.63, 3.8) is 0 Å². The van der Waals surface area contributed by atoms with Crippen LogP contribution in [0.3, 0.4) is 0 Å². The fourth-order valence-electron chi connectivity index (χ4n) is 2.73. The Balaban J connectivity index is 1.96. The van der Waals surface area contributed by atoms with Crippen LogP contribution < -0.4 is 0 Å². The standard InChI is InChI=1S/C15H23N3O3/c1-11(2)18-10-13(8-16-18)15(21)17-7-3-4-12(9-17)5-6-14(19)20/h8,10-12H,3-7,9H2,1-2H3,(H,19,20). The second-order valence-electron chi connectivity index (χ2n) is 5.99. The lowest BCUT2D eigenvalue weighted by Crippen LogP contribution is -2.40. The van der Waals surface area contributed by atoms with Crippen molar-refractivity contribution in [2.24, 2.45) is 5.92 Å². The van der Waals surface area contributed by atoms with E-state index in [-0.39, 0.29) is 18.4 Å². The fourth-order valence-corrected chi connectivity index (χ4v) is 2.73. The minimum absolute atomic E-state index is 0.00178. The fraction of sp³-hybridized carbons (Fsp3) is 0.667. The number of carboxylic acid groups (broad SMARTS) is 1. The summed E-state index contributed by atoms with van der Waals surface area (Å²) in [7, 11) is 0. The van der Waals surface area contributed by atoms with Gasteiger partial charge in [-0.25, -0.2) is 0 Å². The lowest BCUT2D eigenvalue weighted by atomic mass is 9.93. The Morgan fingerprint density at radius 1 is 1.48 bits per heavy atom. The zero-order chi connectivity index (χ0) is 15.4. The van der Waals surface area contributed by atoms with Crippen LogP contribution in [0.5, 0.6) is 0 Å². The maximum atomic E-state index is 12.5. The molecule has 0 aliphatic carbocycles. The SMILES string of the molecule is CC(C)n1cc(C(=O)N2CCCC(CCC(=O)O)C2)cn1. The third-order valence-electron chi connectivity index (χ3n) is 3.95. The minimum Gasteiger partial charge on any atom is -0.481 e. The van der Waals surface area contributed by atoms with E-state index in [1.165, 1.54) is 0 Å². The maximum Gasteiger partial charge on any atom is 0.303 e. The van der Waals surface area contributed by atoms with Crippen LogP contribution in [0, 0.1) is 5.92 Å². The molecule has 0 spiro atoms. The normalized spacial score (nSPS) is 19.0. The van der Waals surface area contributed by atoms with Gasteiger partial charge in [-0.1, -0.05) is 0 Å². The van der Waals surface area contributed by atoms with Crippen molar-refractivity contribution in [1.82, 2.24) is 14.7 Å². The van der Waals surface area contributed by atoms with Gasteiger partial charge in [-0.05, 0) is 39.0 Å². The third-order valence-corrected chi connectivity index (χ3v) is 3.95. The summed E-state index contributed by atoms with van der Waals surface area (Å²) in [6.07, 6.45) is 6.16. The Morgan fingerprint density at radius 2 is 2.24 bits per heavy atom. The van der Waals surface area contributed by atoms with E-state index in [0.717, 1.165) is 19.4 Å². The molecule has 1 unspecified atom stereocenters. The molecule has 2 rings (SSSR count). The first-order valence-electron chi connectivity index (χ1n) is 7.52. The largest absolute Gasteiger partial charge is 0.481 e. The summed E-state index contributed by atoms with van der Waals surface area (Å²) in [4.78, 5) is 25.0. The van der Waals surface area contributed by atoms with Crippen LogP contribution >= 0.6 is 0 Å². The molecule has 1 N–H and O–H groups in total. The quantitative estimate of drug-likeness (QED) is 0.903. The number of hydrogen-bond acceptors (Lipinski definition) is 3. The van der Waals surface area contributed by atoms with E-state index in [4.69, 9.17) is 5.11 Å². The smallest absolute Gasteiger partial charge is 0.303 e. The van der Waals surface area contributed by atoms with Crippen LogP contribution in [0.15, 0.2) is 12.4 Å². The summed E-state index contributed by atoms with van der Waals surface area (Å²) in [5, 5.41) is 13.0. The first-order chi connectivity index (χ1) is 9.97. The van der Waals surface area contributed by atoms with E-state index in [1.807, 2.05) is 18.7 Å². The van der Waals surface area contributed by atoms with E-state index in [2.05, 4.69) is 5.10 Å². The Bertz CT molecular complexity index is 510. The van der Waals surface area contributed by atoms with Gasteiger partial charge in [0.2, 0.25) is 0 Å². The lowest BCUT2D eigenvalue weighted by molar-refractivity contribution is -0.137. The first kappa shape index (κ1) is 15.5. The maximum absolute atomic E-state index is 12.5. The van der Waals surface area contributed by atoms with Crippen LogP contribution in [0.1, 0.15) is 55.9 Å². The molecule has 21 heavy (non-hydrogen) atoms. The Kier molecular flexibility index (Phi) is 4.98. The third kappa shape index (κ3) is 4.06. The molecule has 1 saturated heterocycles. The molecule has 6 nitrogen and oxygen atoms in total. The second-order valence-corrected chi connectivity index (χ2v) is 5.99. The number of amides is 1. The van der Waals surface area contributed by atoms with Gasteiger partial charge >= 0.3 is 5.97 Å². The zero-order valence-electron chi connectivity index (χ0n) is 12.7. The Labute approximate surface area is 124 Å². The summed E-state index contributed by atoms with van der Waals surface area (Å²) in [6, 6.07) is 0.233. The first-order valence-corrected chi connectivity index (χ1v) is 7.52. The van der Waals surface area contributed by atoms with Crippen molar-refractivity contribution < 1.29 is 14.7 Å². The van der Waals surface area contributed by atoms with Crippen molar-refractivity contribution in [1.29, 1.82) is 0 Å². The van der Waals surface area contributed by atoms with Gasteiger partial charge in [-0.3, -0.25) is 14.3 Å². The van der Waals surface area contributed by atoms with Crippen molar-refractivity contribution in [2.45, 2.75) is 45.6 Å². The number of likely N-dealkylation sites (tertiary alicyclic amines) is 1. The lowest BCUT2D eigenvalue weighted by Gasteiger charge is -2.32. The summed E-state index contributed by atoms with van der Waals surface area (Å²) in [5.41, 5.74) is 0.614. The number of nitrogens with zero attached hydrogens (tertiary/aromatic N) is 3. The van der Waals surface area contributed by atoms with Gasteiger partial charge < -0.3 is 10.0 Å². The number of rotatable bonds is 5. The molecular formula is C15H23N3O3. The summed E-state index contributed by atoms with van der Waals surface area (Å²) < 4.78 is 1.78. The molecule has 1 fully saturated rings. The summed E-state index contributed by atoms with van der Waals surface area (Å²) >= 11 is 0. The molecule has 0 aromatic carbocycles. The highest BCUT2D eigenvalue weighted by atomic mass is 16.4. The number of carbonyl (C=O) groups is 2. The highest BCUT2D eigenvalue weighted by Crippen LogP contribution is 2.22. The van der Waals surface area contributed by atoms with Gasteiger partial charge in [0, 0.05) is 31.7 Å². The van der Waals surface area contributed by atoms with Crippen molar-refractivity contribution in [2.75, 3.05) is 13.1 Å². The van der Waals surface area contributed by atoms with Crippen LogP contribution in [0.2, 0.25) is 0 Å². The molecule has 1 aliphatic rings. The Hall–Kier alpha value is -1.85. The highest BCUT2D eigenvalue weighted by molar-refractivity contribution is 5.93. The van der Waals surface area contributed by atoms with Gasteiger partial charge in [0.15, 0.2) is 0 Å². The average Bonchev–Trinajstić information content (AvgIpc) is 2.94. The van der Waals surface area contributed by atoms with E-state index >= 15 is 0 Å². The zero-order valence-corrected chi connectivity index (χ0v) is 12.7. The van der Waals surface area contributed by atoms with Crippen LogP contribution in [-0.4, -0.2) is 44.8 Å². The molecule has 1 aliphatic heterocycles. The summed E-state index contributed by atoms with van der Waals surface area (Å²) in [6.45, 7) is 5.43. The van der Waals surface area contributed by atoms with E-state index in [0.29, 0.717) is 24.4 Å². The topological polar surface area (TPSA) is 75.4 Å². The minimum atomic E-state index is -0.767. The van der Waals surface area contributed by atoms with Crippen molar-refractivity contribution in [3.8, 4) is 0 Å². The molecule has 1 aromatic rings. The molecule has 1 amide bonds. The molecule has 0 saturated carbocycles. The predicted molar refractivity (Wildman–Crippen MR) is 78.1 cm³/mol. The van der Waals surface area contributed by atoms with Crippen LogP contribution in [0.4, 0.5) is 0 Å². The van der Waals surface area contributed by atoms with Crippen LogP contribution in [0.25, 0.3) is 0 Å². The average molecular weight is 293 g/mol.